The summed E-state index contributed by atoms with van der Waals surface area (Å²) >= 11 is 0. The molecule has 4 nitrogen and oxygen atoms in total. The minimum Gasteiger partial charge on any atom is -0.356 e. The number of hydrogen-bond acceptors (Lipinski definition) is 3. The highest BCUT2D eigenvalue weighted by Crippen LogP contribution is 2.09. The normalized spacial score (nSPS) is 10.5. The van der Waals surface area contributed by atoms with Gasteiger partial charge in [-0.2, -0.15) is 0 Å². The molecule has 15 heavy (non-hydrogen) atoms. The van der Waals surface area contributed by atoms with Gasteiger partial charge in [-0.25, -0.2) is 4.98 Å². The minimum atomic E-state index is -0.358. The van der Waals surface area contributed by atoms with Crippen molar-refractivity contribution in [3.8, 4) is 0 Å². The first-order valence-corrected chi connectivity index (χ1v) is 4.37. The van der Waals surface area contributed by atoms with Crippen molar-refractivity contribution >= 4 is 24.7 Å². The van der Waals surface area contributed by atoms with E-state index >= 15 is 0 Å². The average molecular weight is 198 g/mol. The van der Waals surface area contributed by atoms with Crippen LogP contribution in [0.25, 0.3) is 10.9 Å². The second kappa shape index (κ2) is 3.35. The molecule has 0 N–H and O–H groups in total. The summed E-state index contributed by atoms with van der Waals surface area (Å²) in [6.07, 6.45) is 1.25. The van der Waals surface area contributed by atoms with Crippen molar-refractivity contribution in [2.24, 2.45) is 0 Å². The van der Waals surface area contributed by atoms with Crippen molar-refractivity contribution in [1.82, 2.24) is 9.46 Å². The standard InChI is InChI=1S/C10H7BN2O2/c1-6(14)7-2-3-9-8(4-7)10(15)13(11)5-12-9/h2-5H,1H3. The van der Waals surface area contributed by atoms with Crippen molar-refractivity contribution < 1.29 is 4.79 Å². The largest absolute Gasteiger partial charge is 0.356 e. The second-order valence-electron chi connectivity index (χ2n) is 3.25. The number of carbonyl (C=O) groups is 1. The fourth-order valence-corrected chi connectivity index (χ4v) is 1.35. The Morgan fingerprint density at radius 1 is 1.47 bits per heavy atom. The summed E-state index contributed by atoms with van der Waals surface area (Å²) in [6, 6.07) is 4.78. The molecule has 0 saturated heterocycles. The quantitative estimate of drug-likeness (QED) is 0.496. The Kier molecular flexibility index (Phi) is 2.15. The van der Waals surface area contributed by atoms with Gasteiger partial charge in [-0.3, -0.25) is 9.59 Å². The Bertz CT molecular complexity index is 604. The van der Waals surface area contributed by atoms with E-state index in [4.69, 9.17) is 7.98 Å². The molecule has 2 radical (unpaired) electrons. The third kappa shape index (κ3) is 1.56. The number of hydrogen-bond donors (Lipinski definition) is 0. The van der Waals surface area contributed by atoms with Crippen LogP contribution >= 0.6 is 0 Å². The van der Waals surface area contributed by atoms with Gasteiger partial charge in [-0.1, -0.05) is 0 Å². The van der Waals surface area contributed by atoms with E-state index in [1.165, 1.54) is 19.3 Å². The Labute approximate surface area is 87.0 Å². The number of Topliss-reactive ketones (excluding diaryl/α,β-unsaturated/α-hetero) is 1. The van der Waals surface area contributed by atoms with Gasteiger partial charge in [0.05, 0.1) is 17.2 Å². The molecule has 2 aromatic rings. The lowest BCUT2D eigenvalue weighted by atomic mass is 10.1. The fourth-order valence-electron chi connectivity index (χ4n) is 1.35. The summed E-state index contributed by atoms with van der Waals surface area (Å²) in [7, 11) is 5.37. The topological polar surface area (TPSA) is 52.0 Å². The number of fused-ring (bicyclic) bond motifs is 1. The summed E-state index contributed by atoms with van der Waals surface area (Å²) < 4.78 is 0.895. The van der Waals surface area contributed by atoms with Gasteiger partial charge in [0.25, 0.3) is 0 Å². The van der Waals surface area contributed by atoms with Crippen LogP contribution in [0.1, 0.15) is 17.3 Å². The Morgan fingerprint density at radius 2 is 2.20 bits per heavy atom. The van der Waals surface area contributed by atoms with Gasteiger partial charge in [0.2, 0.25) is 13.5 Å². The molecule has 0 unspecified atom stereocenters. The highest BCUT2D eigenvalue weighted by molar-refractivity contribution is 6.07. The van der Waals surface area contributed by atoms with Gasteiger partial charge >= 0.3 is 0 Å². The molecule has 72 valence electrons. The van der Waals surface area contributed by atoms with Crippen molar-refractivity contribution in [3.05, 3.63) is 40.4 Å². The monoisotopic (exact) mass is 198 g/mol. The van der Waals surface area contributed by atoms with E-state index in [9.17, 15) is 9.59 Å². The van der Waals surface area contributed by atoms with Gasteiger partial charge in [-0.05, 0) is 25.1 Å². The lowest BCUT2D eigenvalue weighted by molar-refractivity contribution is 0.101. The van der Waals surface area contributed by atoms with E-state index in [-0.39, 0.29) is 11.3 Å². The number of ketones is 1. The van der Waals surface area contributed by atoms with E-state index in [0.29, 0.717) is 16.5 Å². The Morgan fingerprint density at radius 3 is 2.87 bits per heavy atom. The van der Waals surface area contributed by atoms with Crippen LogP contribution < -0.4 is 5.56 Å². The Balaban J connectivity index is 2.85. The minimum absolute atomic E-state index is 0.0938. The zero-order chi connectivity index (χ0) is 11.0. The highest BCUT2D eigenvalue weighted by atomic mass is 16.1. The highest BCUT2D eigenvalue weighted by Gasteiger charge is 2.05. The summed E-state index contributed by atoms with van der Waals surface area (Å²) in [5.41, 5.74) is 0.655. The second-order valence-corrected chi connectivity index (χ2v) is 3.25. The van der Waals surface area contributed by atoms with E-state index in [1.807, 2.05) is 0 Å². The molecule has 0 saturated carbocycles. The van der Waals surface area contributed by atoms with E-state index in [0.717, 1.165) is 4.48 Å². The van der Waals surface area contributed by atoms with Gasteiger partial charge in [0.15, 0.2) is 5.78 Å². The van der Waals surface area contributed by atoms with Crippen molar-refractivity contribution in [2.45, 2.75) is 6.92 Å². The van der Waals surface area contributed by atoms with Crippen LogP contribution in [0.15, 0.2) is 29.3 Å². The first-order valence-electron chi connectivity index (χ1n) is 4.37. The van der Waals surface area contributed by atoms with Crippen LogP contribution in [0.3, 0.4) is 0 Å². The smallest absolute Gasteiger partial charge is 0.248 e. The summed E-state index contributed by atoms with van der Waals surface area (Å²) in [5, 5.41) is 0.354. The van der Waals surface area contributed by atoms with Crippen LogP contribution in [0, 0.1) is 0 Å². The molecule has 0 aliphatic rings. The lowest BCUT2D eigenvalue weighted by Gasteiger charge is -2.01. The van der Waals surface area contributed by atoms with E-state index in [1.54, 1.807) is 12.1 Å². The molecule has 1 aromatic carbocycles. The SMILES string of the molecule is [B]n1cnc2ccc(C(C)=O)cc2c1=O. The first kappa shape index (κ1) is 9.64. The zero-order valence-electron chi connectivity index (χ0n) is 8.10. The molecule has 1 heterocycles. The fraction of sp³-hybridized carbons (Fsp3) is 0.100. The predicted molar refractivity (Wildman–Crippen MR) is 57.2 cm³/mol. The van der Waals surface area contributed by atoms with Gasteiger partial charge in [0.1, 0.15) is 0 Å². The maximum absolute atomic E-state index is 11.6. The molecule has 0 spiro atoms. The molecule has 0 aliphatic heterocycles. The molecule has 2 rings (SSSR count). The molecule has 5 heteroatoms. The van der Waals surface area contributed by atoms with Crippen molar-refractivity contribution in [2.75, 3.05) is 0 Å². The summed E-state index contributed by atoms with van der Waals surface area (Å²) in [4.78, 5) is 26.7. The van der Waals surface area contributed by atoms with Gasteiger partial charge in [0, 0.05) is 5.56 Å². The van der Waals surface area contributed by atoms with Crippen molar-refractivity contribution in [3.63, 3.8) is 0 Å². The van der Waals surface area contributed by atoms with Crippen LogP contribution in [0.4, 0.5) is 0 Å². The van der Waals surface area contributed by atoms with Crippen LogP contribution in [0.5, 0.6) is 0 Å². The number of benzene rings is 1. The number of nitrogens with zero attached hydrogens (tertiary/aromatic N) is 2. The average Bonchev–Trinajstić information content (AvgIpc) is 2.23. The summed E-state index contributed by atoms with van der Waals surface area (Å²) in [6.45, 7) is 1.44. The van der Waals surface area contributed by atoms with E-state index in [2.05, 4.69) is 4.98 Å². The zero-order valence-corrected chi connectivity index (χ0v) is 8.10. The molecule has 1 aromatic heterocycles. The third-order valence-corrected chi connectivity index (χ3v) is 2.19. The number of rotatable bonds is 1. The molecule has 0 amide bonds. The molecular weight excluding hydrogens is 191 g/mol. The molecular formula is C10H7BN2O2. The maximum Gasteiger partial charge on any atom is 0.248 e. The summed E-state index contributed by atoms with van der Waals surface area (Å²) in [5.74, 6) is -0.0938. The first-order chi connectivity index (χ1) is 7.09. The number of carbonyl (C=O) groups excluding carboxylic acids is 1. The third-order valence-electron chi connectivity index (χ3n) is 2.19. The van der Waals surface area contributed by atoms with Gasteiger partial charge in [-0.15, -0.1) is 0 Å². The molecule has 0 bridgehead atoms. The van der Waals surface area contributed by atoms with Crippen LogP contribution in [-0.4, -0.2) is 23.2 Å². The van der Waals surface area contributed by atoms with Gasteiger partial charge < -0.3 is 4.48 Å². The lowest BCUT2D eigenvalue weighted by Crippen LogP contribution is -2.18. The van der Waals surface area contributed by atoms with E-state index < -0.39 is 0 Å². The predicted octanol–water partition coefficient (Wildman–Crippen LogP) is 0.531. The molecule has 0 aliphatic carbocycles. The number of aromatic nitrogens is 2. The van der Waals surface area contributed by atoms with Crippen LogP contribution in [0.2, 0.25) is 0 Å². The molecule has 0 fully saturated rings. The van der Waals surface area contributed by atoms with Crippen LogP contribution in [-0.2, 0) is 0 Å². The van der Waals surface area contributed by atoms with Crippen molar-refractivity contribution in [1.29, 1.82) is 0 Å². The maximum atomic E-state index is 11.6. The Hall–Kier alpha value is -1.91. The molecule has 0 atom stereocenters.